The van der Waals surface area contributed by atoms with Gasteiger partial charge < -0.3 is 25.0 Å². The van der Waals surface area contributed by atoms with Crippen LogP contribution in [0.15, 0.2) is 59.1 Å². The molecule has 1 aromatic carbocycles. The van der Waals surface area contributed by atoms with Gasteiger partial charge in [0, 0.05) is 12.5 Å². The number of nitrogens with zero attached hydrogens (tertiary/aromatic N) is 1. The summed E-state index contributed by atoms with van der Waals surface area (Å²) in [6, 6.07) is 9.34. The highest BCUT2D eigenvalue weighted by Gasteiger charge is 2.41. The van der Waals surface area contributed by atoms with E-state index in [9.17, 15) is 19.5 Å². The first-order chi connectivity index (χ1) is 16.4. The van der Waals surface area contributed by atoms with Gasteiger partial charge in [0.1, 0.15) is 11.5 Å². The molecular formula is C23H26N4O7. The van der Waals surface area contributed by atoms with Gasteiger partial charge in [-0.15, -0.1) is 0 Å². The zero-order chi connectivity index (χ0) is 24.6. The van der Waals surface area contributed by atoms with E-state index in [-0.39, 0.29) is 26.2 Å². The molecule has 2 unspecified atom stereocenters. The Morgan fingerprint density at radius 3 is 2.59 bits per heavy atom. The lowest BCUT2D eigenvalue weighted by atomic mass is 9.88. The number of aliphatic hydroxyl groups excluding tert-OH is 1. The number of aliphatic hydroxyl groups is 1. The molecule has 1 aliphatic carbocycles. The summed E-state index contributed by atoms with van der Waals surface area (Å²) >= 11 is 0. The van der Waals surface area contributed by atoms with Crippen molar-refractivity contribution in [3.05, 3.63) is 71.6 Å². The van der Waals surface area contributed by atoms with Crippen molar-refractivity contribution in [1.29, 1.82) is 0 Å². The lowest BCUT2D eigenvalue weighted by Gasteiger charge is -2.32. The van der Waals surface area contributed by atoms with Crippen LogP contribution in [-0.4, -0.2) is 58.0 Å². The van der Waals surface area contributed by atoms with E-state index < -0.39 is 29.4 Å². The number of benzene rings is 1. The highest BCUT2D eigenvalue weighted by atomic mass is 16.5. The SMILES string of the molecule is Cc1cc(CNC(=O)C(NC(=O)C2(OCCO)C=CC(c3ccccc3)=CC2)C(=O)NO)no1. The van der Waals surface area contributed by atoms with Crippen LogP contribution in [0.2, 0.25) is 0 Å². The van der Waals surface area contributed by atoms with Gasteiger partial charge in [-0.1, -0.05) is 47.6 Å². The highest BCUT2D eigenvalue weighted by Crippen LogP contribution is 2.30. The van der Waals surface area contributed by atoms with Crippen molar-refractivity contribution < 1.29 is 34.0 Å². The summed E-state index contributed by atoms with van der Waals surface area (Å²) < 4.78 is 10.6. The standard InChI is InChI=1S/C23H26N4O7/c1-15-13-18(27-34-15)14-24-20(29)19(21(30)26-32)25-22(31)23(33-12-11-28)9-7-17(8-10-23)16-5-3-2-4-6-16/h2-9,13,19,28,32H,10-12,14H2,1H3,(H,24,29)(H,25,31)(H,26,30). The predicted octanol–water partition coefficient (Wildman–Crippen LogP) is 0.381. The third kappa shape index (κ3) is 5.95. The zero-order valence-corrected chi connectivity index (χ0v) is 18.5. The van der Waals surface area contributed by atoms with E-state index in [0.29, 0.717) is 11.5 Å². The average Bonchev–Trinajstić information content (AvgIpc) is 3.29. The first-order valence-electron chi connectivity index (χ1n) is 10.5. The van der Waals surface area contributed by atoms with Gasteiger partial charge in [-0.2, -0.15) is 0 Å². The fourth-order valence-corrected chi connectivity index (χ4v) is 3.38. The monoisotopic (exact) mass is 470 g/mol. The number of amides is 3. The third-order valence-electron chi connectivity index (χ3n) is 5.13. The number of carbonyl (C=O) groups excluding carboxylic acids is 3. The Hall–Kier alpha value is -3.80. The second-order valence-electron chi connectivity index (χ2n) is 7.55. The minimum Gasteiger partial charge on any atom is -0.394 e. The quantitative estimate of drug-likeness (QED) is 0.189. The molecule has 0 bridgehead atoms. The van der Waals surface area contributed by atoms with Gasteiger partial charge in [-0.05, 0) is 24.1 Å². The van der Waals surface area contributed by atoms with Gasteiger partial charge in [0.2, 0.25) is 0 Å². The van der Waals surface area contributed by atoms with Gasteiger partial charge in [-0.3, -0.25) is 19.6 Å². The number of hydroxylamine groups is 1. The van der Waals surface area contributed by atoms with Gasteiger partial charge >= 0.3 is 0 Å². The van der Waals surface area contributed by atoms with Crippen molar-refractivity contribution in [3.63, 3.8) is 0 Å². The molecule has 34 heavy (non-hydrogen) atoms. The summed E-state index contributed by atoms with van der Waals surface area (Å²) in [5.74, 6) is -2.27. The zero-order valence-electron chi connectivity index (χ0n) is 18.5. The van der Waals surface area contributed by atoms with Crippen molar-refractivity contribution in [3.8, 4) is 0 Å². The summed E-state index contributed by atoms with van der Waals surface area (Å²) in [5.41, 5.74) is 2.03. The molecule has 2 atom stereocenters. The van der Waals surface area contributed by atoms with E-state index in [1.54, 1.807) is 25.1 Å². The number of ether oxygens (including phenoxy) is 1. The molecular weight excluding hydrogens is 444 g/mol. The number of aromatic nitrogens is 1. The lowest BCUT2D eigenvalue weighted by molar-refractivity contribution is -0.149. The van der Waals surface area contributed by atoms with Crippen molar-refractivity contribution in [2.24, 2.45) is 0 Å². The molecule has 0 spiro atoms. The van der Waals surface area contributed by atoms with Gasteiger partial charge in [0.15, 0.2) is 11.6 Å². The molecule has 0 fully saturated rings. The van der Waals surface area contributed by atoms with Gasteiger partial charge in [0.25, 0.3) is 17.7 Å². The van der Waals surface area contributed by atoms with Crippen LogP contribution in [0, 0.1) is 6.92 Å². The van der Waals surface area contributed by atoms with Crippen LogP contribution in [-0.2, 0) is 25.7 Å². The van der Waals surface area contributed by atoms with E-state index >= 15 is 0 Å². The maximum atomic E-state index is 13.2. The first-order valence-corrected chi connectivity index (χ1v) is 10.5. The van der Waals surface area contributed by atoms with Crippen molar-refractivity contribution >= 4 is 23.3 Å². The van der Waals surface area contributed by atoms with Gasteiger partial charge in [-0.25, -0.2) is 5.48 Å². The molecule has 11 nitrogen and oxygen atoms in total. The van der Waals surface area contributed by atoms with Crippen LogP contribution in [0.3, 0.4) is 0 Å². The smallest absolute Gasteiger partial charge is 0.275 e. The molecule has 1 heterocycles. The average molecular weight is 470 g/mol. The maximum Gasteiger partial charge on any atom is 0.275 e. The molecule has 11 heteroatoms. The molecule has 1 aromatic heterocycles. The number of allylic oxidation sites excluding steroid dienone is 2. The summed E-state index contributed by atoms with van der Waals surface area (Å²) in [6.07, 6.45) is 5.10. The predicted molar refractivity (Wildman–Crippen MR) is 119 cm³/mol. The minimum absolute atomic E-state index is 0.0590. The number of rotatable bonds is 10. The fraction of sp³-hybridized carbons (Fsp3) is 0.304. The molecule has 0 radical (unpaired) electrons. The number of nitrogens with one attached hydrogen (secondary N) is 3. The second-order valence-corrected chi connectivity index (χ2v) is 7.55. The number of hydrogen-bond donors (Lipinski definition) is 5. The summed E-state index contributed by atoms with van der Waals surface area (Å²) in [7, 11) is 0. The van der Waals surface area contributed by atoms with Crippen molar-refractivity contribution in [2.75, 3.05) is 13.2 Å². The van der Waals surface area contributed by atoms with Crippen molar-refractivity contribution in [2.45, 2.75) is 31.5 Å². The van der Waals surface area contributed by atoms with Crippen LogP contribution >= 0.6 is 0 Å². The van der Waals surface area contributed by atoms with Crippen LogP contribution in [0.1, 0.15) is 23.4 Å². The fourth-order valence-electron chi connectivity index (χ4n) is 3.38. The van der Waals surface area contributed by atoms with Crippen molar-refractivity contribution in [1.82, 2.24) is 21.3 Å². The molecule has 5 N–H and O–H groups in total. The van der Waals surface area contributed by atoms with E-state index in [1.165, 1.54) is 11.6 Å². The van der Waals surface area contributed by atoms with Crippen LogP contribution in [0.25, 0.3) is 5.57 Å². The van der Waals surface area contributed by atoms with E-state index in [2.05, 4.69) is 15.8 Å². The van der Waals surface area contributed by atoms with E-state index in [0.717, 1.165) is 11.1 Å². The molecule has 2 aromatic rings. The summed E-state index contributed by atoms with van der Waals surface area (Å²) in [6.45, 7) is 1.13. The normalized spacial score (nSPS) is 18.0. The Morgan fingerprint density at radius 2 is 2.00 bits per heavy atom. The van der Waals surface area contributed by atoms with Gasteiger partial charge in [0.05, 0.1) is 19.8 Å². The second kappa shape index (κ2) is 11.4. The number of hydrogen-bond acceptors (Lipinski definition) is 8. The lowest BCUT2D eigenvalue weighted by Crippen LogP contribution is -2.59. The largest absolute Gasteiger partial charge is 0.394 e. The molecule has 1 aliphatic rings. The maximum absolute atomic E-state index is 13.2. The summed E-state index contributed by atoms with van der Waals surface area (Å²) in [4.78, 5) is 38.0. The molecule has 0 saturated carbocycles. The Morgan fingerprint density at radius 1 is 1.24 bits per heavy atom. The molecule has 3 rings (SSSR count). The van der Waals surface area contributed by atoms with Crippen LogP contribution < -0.4 is 16.1 Å². The summed E-state index contributed by atoms with van der Waals surface area (Å²) in [5, 5.41) is 26.8. The van der Waals surface area contributed by atoms with Crippen LogP contribution in [0.5, 0.6) is 0 Å². The van der Waals surface area contributed by atoms with E-state index in [1.807, 2.05) is 30.3 Å². The topological polar surface area (TPSA) is 163 Å². The highest BCUT2D eigenvalue weighted by molar-refractivity contribution is 6.07. The number of aryl methyl sites for hydroxylation is 1. The Balaban J connectivity index is 1.75. The first kappa shape index (κ1) is 24.8. The molecule has 0 aliphatic heterocycles. The number of carbonyl (C=O) groups is 3. The van der Waals surface area contributed by atoms with Crippen LogP contribution in [0.4, 0.5) is 0 Å². The Labute approximate surface area is 195 Å². The molecule has 3 amide bonds. The minimum atomic E-state index is -1.76. The third-order valence-corrected chi connectivity index (χ3v) is 5.13. The van der Waals surface area contributed by atoms with E-state index in [4.69, 9.17) is 14.5 Å². The molecule has 180 valence electrons. The Kier molecular flexibility index (Phi) is 8.30. The Bertz CT molecular complexity index is 1080. The molecule has 0 saturated heterocycles.